The molecular formula is C16H25ClN2O4S. The first-order valence-corrected chi connectivity index (χ1v) is 10.1. The number of hydrogen-bond acceptors (Lipinski definition) is 4. The fourth-order valence-corrected chi connectivity index (χ4v) is 3.63. The fraction of sp³-hybridized carbons (Fsp3) is 0.562. The summed E-state index contributed by atoms with van der Waals surface area (Å²) in [6, 6.07) is 5.57. The molecule has 6 nitrogen and oxygen atoms in total. The van der Waals surface area contributed by atoms with Crippen LogP contribution in [0.2, 0.25) is 5.02 Å². The third-order valence-corrected chi connectivity index (χ3v) is 4.81. The lowest BCUT2D eigenvalue weighted by Gasteiger charge is -2.30. The van der Waals surface area contributed by atoms with Crippen LogP contribution in [-0.4, -0.2) is 46.4 Å². The summed E-state index contributed by atoms with van der Waals surface area (Å²) in [6.45, 7) is 5.30. The van der Waals surface area contributed by atoms with Gasteiger partial charge >= 0.3 is 0 Å². The van der Waals surface area contributed by atoms with E-state index in [4.69, 9.17) is 16.3 Å². The van der Waals surface area contributed by atoms with Gasteiger partial charge in [0.15, 0.2) is 0 Å². The quantitative estimate of drug-likeness (QED) is 0.636. The second kappa shape index (κ2) is 9.86. The second-order valence-corrected chi connectivity index (χ2v) is 7.60. The average Bonchev–Trinajstić information content (AvgIpc) is 2.52. The first kappa shape index (κ1) is 20.7. The molecule has 1 amide bonds. The van der Waals surface area contributed by atoms with E-state index in [1.54, 1.807) is 31.2 Å². The van der Waals surface area contributed by atoms with Crippen molar-refractivity contribution in [1.82, 2.24) is 5.32 Å². The number of ether oxygens (including phenoxy) is 1. The number of carbonyl (C=O) groups is 1. The summed E-state index contributed by atoms with van der Waals surface area (Å²) < 4.78 is 30.8. The van der Waals surface area contributed by atoms with Crippen LogP contribution in [0.4, 0.5) is 5.69 Å². The first-order valence-electron chi connectivity index (χ1n) is 7.91. The fourth-order valence-electron chi connectivity index (χ4n) is 2.30. The standard InChI is InChI=1S/C16H25ClN2O4S/c1-4-15(16(20)18-11-6-12-23-5-2)19(24(3,21)22)14-9-7-13(17)8-10-14/h7-10,15H,4-6,11-12H2,1-3H3,(H,18,20)/t15-/m1/s1. The molecule has 0 aliphatic carbocycles. The smallest absolute Gasteiger partial charge is 0.243 e. The van der Waals surface area contributed by atoms with Gasteiger partial charge in [0.2, 0.25) is 15.9 Å². The Morgan fingerprint density at radius 2 is 1.92 bits per heavy atom. The average molecular weight is 377 g/mol. The molecule has 1 N–H and O–H groups in total. The topological polar surface area (TPSA) is 75.7 Å². The molecule has 0 saturated carbocycles. The Morgan fingerprint density at radius 1 is 1.29 bits per heavy atom. The number of amides is 1. The molecular weight excluding hydrogens is 352 g/mol. The van der Waals surface area contributed by atoms with E-state index in [0.717, 1.165) is 10.6 Å². The number of carbonyl (C=O) groups excluding carboxylic acids is 1. The molecule has 8 heteroatoms. The van der Waals surface area contributed by atoms with Crippen LogP contribution in [0.1, 0.15) is 26.7 Å². The number of rotatable bonds is 10. The van der Waals surface area contributed by atoms with Gasteiger partial charge in [0.1, 0.15) is 6.04 Å². The van der Waals surface area contributed by atoms with E-state index in [1.165, 1.54) is 0 Å². The molecule has 0 unspecified atom stereocenters. The monoisotopic (exact) mass is 376 g/mol. The lowest BCUT2D eigenvalue weighted by Crippen LogP contribution is -2.49. The molecule has 0 aliphatic heterocycles. The van der Waals surface area contributed by atoms with Crippen LogP contribution in [0.5, 0.6) is 0 Å². The molecule has 0 radical (unpaired) electrons. The van der Waals surface area contributed by atoms with Gasteiger partial charge in [-0.15, -0.1) is 0 Å². The van der Waals surface area contributed by atoms with E-state index in [9.17, 15) is 13.2 Å². The lowest BCUT2D eigenvalue weighted by atomic mass is 10.2. The Balaban J connectivity index is 2.90. The van der Waals surface area contributed by atoms with E-state index in [-0.39, 0.29) is 5.91 Å². The SMILES string of the molecule is CCOCCCNC(=O)[C@@H](CC)N(c1ccc(Cl)cc1)S(C)(=O)=O. The number of sulfonamides is 1. The second-order valence-electron chi connectivity index (χ2n) is 5.30. The Kier molecular flexibility index (Phi) is 8.52. The van der Waals surface area contributed by atoms with Crippen molar-refractivity contribution in [3.8, 4) is 0 Å². The van der Waals surface area contributed by atoms with Crippen molar-refractivity contribution in [2.75, 3.05) is 30.3 Å². The van der Waals surface area contributed by atoms with Crippen molar-refractivity contribution in [3.63, 3.8) is 0 Å². The highest BCUT2D eigenvalue weighted by atomic mass is 35.5. The molecule has 0 spiro atoms. The number of anilines is 1. The summed E-state index contributed by atoms with van der Waals surface area (Å²) in [5, 5.41) is 3.28. The van der Waals surface area contributed by atoms with Crippen LogP contribution in [0, 0.1) is 0 Å². The van der Waals surface area contributed by atoms with Gasteiger partial charge in [-0.1, -0.05) is 18.5 Å². The summed E-state index contributed by atoms with van der Waals surface area (Å²) in [6.07, 6.45) is 2.12. The van der Waals surface area contributed by atoms with Crippen LogP contribution in [0.15, 0.2) is 24.3 Å². The third-order valence-electron chi connectivity index (χ3n) is 3.38. The molecule has 1 rings (SSSR count). The summed E-state index contributed by atoms with van der Waals surface area (Å²) in [4.78, 5) is 12.5. The van der Waals surface area contributed by atoms with Gasteiger partial charge in [-0.05, 0) is 44.0 Å². The molecule has 0 heterocycles. The largest absolute Gasteiger partial charge is 0.382 e. The van der Waals surface area contributed by atoms with Crippen LogP contribution < -0.4 is 9.62 Å². The van der Waals surface area contributed by atoms with Gasteiger partial charge in [0.05, 0.1) is 11.9 Å². The molecule has 0 aromatic heterocycles. The molecule has 0 aliphatic rings. The third kappa shape index (κ3) is 6.30. The minimum Gasteiger partial charge on any atom is -0.382 e. The highest BCUT2D eigenvalue weighted by Crippen LogP contribution is 2.24. The minimum atomic E-state index is -3.62. The predicted octanol–water partition coefficient (Wildman–Crippen LogP) is 2.43. The van der Waals surface area contributed by atoms with Gasteiger partial charge in [-0.2, -0.15) is 0 Å². The van der Waals surface area contributed by atoms with Crippen LogP contribution in [0.3, 0.4) is 0 Å². The summed E-state index contributed by atoms with van der Waals surface area (Å²) in [5.74, 6) is -0.325. The van der Waals surface area contributed by atoms with Crippen LogP contribution in [0.25, 0.3) is 0 Å². The van der Waals surface area contributed by atoms with E-state index in [0.29, 0.717) is 43.3 Å². The van der Waals surface area contributed by atoms with Crippen molar-refractivity contribution in [1.29, 1.82) is 0 Å². The van der Waals surface area contributed by atoms with E-state index in [1.807, 2.05) is 6.92 Å². The molecule has 0 bridgehead atoms. The Morgan fingerprint density at radius 3 is 2.42 bits per heavy atom. The molecule has 1 aromatic rings. The van der Waals surface area contributed by atoms with Crippen molar-refractivity contribution in [2.24, 2.45) is 0 Å². The van der Waals surface area contributed by atoms with Gasteiger partial charge in [-0.3, -0.25) is 9.10 Å². The van der Waals surface area contributed by atoms with Gasteiger partial charge in [0, 0.05) is 24.8 Å². The number of halogens is 1. The number of nitrogens with one attached hydrogen (secondary N) is 1. The van der Waals surface area contributed by atoms with Crippen LogP contribution in [-0.2, 0) is 19.6 Å². The van der Waals surface area contributed by atoms with Gasteiger partial charge in [-0.25, -0.2) is 8.42 Å². The first-order chi connectivity index (χ1) is 11.3. The summed E-state index contributed by atoms with van der Waals surface area (Å²) in [7, 11) is -3.62. The summed E-state index contributed by atoms with van der Waals surface area (Å²) >= 11 is 5.86. The lowest BCUT2D eigenvalue weighted by molar-refractivity contribution is -0.122. The predicted molar refractivity (Wildman–Crippen MR) is 97.0 cm³/mol. The van der Waals surface area contributed by atoms with Gasteiger partial charge in [0.25, 0.3) is 0 Å². The van der Waals surface area contributed by atoms with Crippen molar-refractivity contribution >= 4 is 33.2 Å². The molecule has 1 atom stereocenters. The van der Waals surface area contributed by atoms with Crippen molar-refractivity contribution in [2.45, 2.75) is 32.7 Å². The normalized spacial score (nSPS) is 12.7. The zero-order valence-corrected chi connectivity index (χ0v) is 15.9. The highest BCUT2D eigenvalue weighted by Gasteiger charge is 2.31. The van der Waals surface area contributed by atoms with E-state index < -0.39 is 16.1 Å². The van der Waals surface area contributed by atoms with E-state index >= 15 is 0 Å². The highest BCUT2D eigenvalue weighted by molar-refractivity contribution is 7.92. The molecule has 24 heavy (non-hydrogen) atoms. The Hall–Kier alpha value is -1.31. The number of nitrogens with zero attached hydrogens (tertiary/aromatic N) is 1. The number of hydrogen-bond donors (Lipinski definition) is 1. The minimum absolute atomic E-state index is 0.325. The zero-order chi connectivity index (χ0) is 18.2. The molecule has 0 saturated heterocycles. The summed E-state index contributed by atoms with van der Waals surface area (Å²) in [5.41, 5.74) is 0.415. The van der Waals surface area contributed by atoms with Crippen molar-refractivity contribution < 1.29 is 17.9 Å². The molecule has 136 valence electrons. The van der Waals surface area contributed by atoms with E-state index in [2.05, 4.69) is 5.32 Å². The van der Waals surface area contributed by atoms with Crippen LogP contribution >= 0.6 is 11.6 Å². The maximum Gasteiger partial charge on any atom is 0.243 e. The number of benzene rings is 1. The van der Waals surface area contributed by atoms with Crippen molar-refractivity contribution in [3.05, 3.63) is 29.3 Å². The zero-order valence-electron chi connectivity index (χ0n) is 14.3. The van der Waals surface area contributed by atoms with Gasteiger partial charge < -0.3 is 10.1 Å². The Bertz CT molecular complexity index is 619. The maximum absolute atomic E-state index is 12.5. The maximum atomic E-state index is 12.5. The molecule has 1 aromatic carbocycles. The molecule has 0 fully saturated rings. The Labute approximate surface area is 149 Å².